The fraction of sp³-hybridized carbons (Fsp3) is 0.562. The zero-order valence-corrected chi connectivity index (χ0v) is 16.4. The fourth-order valence-electron chi connectivity index (χ4n) is 2.74. The molecule has 130 valence electrons. The summed E-state index contributed by atoms with van der Waals surface area (Å²) < 4.78 is 10.5. The Morgan fingerprint density at radius 1 is 1.39 bits per heavy atom. The van der Waals surface area contributed by atoms with Crippen LogP contribution in [0.1, 0.15) is 12.8 Å². The SMILES string of the molecule is COc1ccc(OC)c(NC(N)=NCC2CCCN(C)C2)c1.I. The molecule has 1 aromatic rings. The number of guanidine groups is 1. The van der Waals surface area contributed by atoms with E-state index in [1.165, 1.54) is 19.4 Å². The number of hydrogen-bond acceptors (Lipinski definition) is 4. The largest absolute Gasteiger partial charge is 0.497 e. The Balaban J connectivity index is 0.00000264. The second-order valence-corrected chi connectivity index (χ2v) is 5.69. The number of nitrogens with zero attached hydrogens (tertiary/aromatic N) is 2. The number of methoxy groups -OCH3 is 2. The van der Waals surface area contributed by atoms with Gasteiger partial charge in [0.15, 0.2) is 5.96 Å². The number of hydrogen-bond donors (Lipinski definition) is 2. The Morgan fingerprint density at radius 3 is 2.83 bits per heavy atom. The van der Waals surface area contributed by atoms with Crippen LogP contribution in [0.4, 0.5) is 5.69 Å². The van der Waals surface area contributed by atoms with Crippen molar-refractivity contribution in [2.75, 3.05) is 46.2 Å². The Kier molecular flexibility index (Phi) is 8.46. The first-order valence-corrected chi connectivity index (χ1v) is 7.60. The van der Waals surface area contributed by atoms with Crippen molar-refractivity contribution in [1.29, 1.82) is 0 Å². The van der Waals surface area contributed by atoms with E-state index in [1.807, 2.05) is 18.2 Å². The molecule has 1 saturated heterocycles. The highest BCUT2D eigenvalue weighted by atomic mass is 127. The van der Waals surface area contributed by atoms with Gasteiger partial charge in [-0.25, -0.2) is 0 Å². The van der Waals surface area contributed by atoms with Gasteiger partial charge in [0.1, 0.15) is 11.5 Å². The number of rotatable bonds is 5. The zero-order chi connectivity index (χ0) is 15.9. The molecule has 1 unspecified atom stereocenters. The van der Waals surface area contributed by atoms with E-state index in [-0.39, 0.29) is 24.0 Å². The normalized spacial score (nSPS) is 18.9. The maximum absolute atomic E-state index is 6.00. The molecule has 0 amide bonds. The summed E-state index contributed by atoms with van der Waals surface area (Å²) >= 11 is 0. The maximum atomic E-state index is 6.00. The summed E-state index contributed by atoms with van der Waals surface area (Å²) in [6.07, 6.45) is 2.44. The minimum absolute atomic E-state index is 0. The molecular formula is C16H27IN4O2. The Morgan fingerprint density at radius 2 is 2.17 bits per heavy atom. The standard InChI is InChI=1S/C16H26N4O2.HI/c1-20-8-4-5-12(11-20)10-18-16(17)19-14-9-13(21-2)6-7-15(14)22-3;/h6-7,9,12H,4-5,8,10-11H2,1-3H3,(H3,17,18,19);1H. The lowest BCUT2D eigenvalue weighted by atomic mass is 9.99. The molecule has 2 rings (SSSR count). The van der Waals surface area contributed by atoms with Crippen molar-refractivity contribution in [1.82, 2.24) is 4.90 Å². The lowest BCUT2D eigenvalue weighted by molar-refractivity contribution is 0.214. The summed E-state index contributed by atoms with van der Waals surface area (Å²) in [7, 11) is 5.40. The molecular weight excluding hydrogens is 407 g/mol. The molecule has 0 bridgehead atoms. The minimum atomic E-state index is 0. The van der Waals surface area contributed by atoms with Crippen molar-refractivity contribution in [2.24, 2.45) is 16.6 Å². The van der Waals surface area contributed by atoms with Crippen LogP contribution in [0.15, 0.2) is 23.2 Å². The highest BCUT2D eigenvalue weighted by molar-refractivity contribution is 14.0. The summed E-state index contributed by atoms with van der Waals surface area (Å²) in [5.41, 5.74) is 6.76. The van der Waals surface area contributed by atoms with Crippen LogP contribution in [0.25, 0.3) is 0 Å². The molecule has 1 aromatic carbocycles. The van der Waals surface area contributed by atoms with Crippen LogP contribution in [-0.2, 0) is 0 Å². The monoisotopic (exact) mass is 434 g/mol. The van der Waals surface area contributed by atoms with Gasteiger partial charge < -0.3 is 25.4 Å². The van der Waals surface area contributed by atoms with E-state index >= 15 is 0 Å². The van der Waals surface area contributed by atoms with Crippen molar-refractivity contribution >= 4 is 35.6 Å². The highest BCUT2D eigenvalue weighted by Crippen LogP contribution is 2.28. The molecule has 0 radical (unpaired) electrons. The molecule has 0 aromatic heterocycles. The van der Waals surface area contributed by atoms with Gasteiger partial charge in [-0.15, -0.1) is 24.0 Å². The van der Waals surface area contributed by atoms with Gasteiger partial charge in [0, 0.05) is 19.2 Å². The molecule has 3 N–H and O–H groups in total. The van der Waals surface area contributed by atoms with E-state index in [9.17, 15) is 0 Å². The molecule has 0 aliphatic carbocycles. The number of aliphatic imine (C=N–C) groups is 1. The number of nitrogens with one attached hydrogen (secondary N) is 1. The van der Waals surface area contributed by atoms with E-state index in [0.29, 0.717) is 17.6 Å². The lowest BCUT2D eigenvalue weighted by Crippen LogP contribution is -2.34. The van der Waals surface area contributed by atoms with Crippen molar-refractivity contribution in [3.63, 3.8) is 0 Å². The second kappa shape index (κ2) is 9.82. The number of piperidine rings is 1. The summed E-state index contributed by atoms with van der Waals surface area (Å²) in [6, 6.07) is 5.52. The average molecular weight is 434 g/mol. The molecule has 1 atom stereocenters. The van der Waals surface area contributed by atoms with E-state index in [2.05, 4.69) is 22.3 Å². The topological polar surface area (TPSA) is 72.1 Å². The third-order valence-electron chi connectivity index (χ3n) is 3.91. The van der Waals surface area contributed by atoms with Gasteiger partial charge in [0.05, 0.1) is 19.9 Å². The van der Waals surface area contributed by atoms with Crippen molar-refractivity contribution < 1.29 is 9.47 Å². The zero-order valence-electron chi connectivity index (χ0n) is 14.0. The number of anilines is 1. The van der Waals surface area contributed by atoms with Crippen LogP contribution < -0.4 is 20.5 Å². The molecule has 0 saturated carbocycles. The fourth-order valence-corrected chi connectivity index (χ4v) is 2.74. The van der Waals surface area contributed by atoms with Crippen molar-refractivity contribution in [3.05, 3.63) is 18.2 Å². The molecule has 1 aliphatic rings. The minimum Gasteiger partial charge on any atom is -0.497 e. The number of ether oxygens (including phenoxy) is 2. The molecule has 0 spiro atoms. The first-order chi connectivity index (χ1) is 10.6. The second-order valence-electron chi connectivity index (χ2n) is 5.69. The maximum Gasteiger partial charge on any atom is 0.193 e. The Hall–Kier alpha value is -1.22. The van der Waals surface area contributed by atoms with Crippen LogP contribution in [0.3, 0.4) is 0 Å². The summed E-state index contributed by atoms with van der Waals surface area (Å²) in [5, 5.41) is 3.10. The van der Waals surface area contributed by atoms with Gasteiger partial charge in [-0.1, -0.05) is 0 Å². The number of benzene rings is 1. The number of likely N-dealkylation sites (tertiary alicyclic amines) is 1. The molecule has 23 heavy (non-hydrogen) atoms. The molecule has 1 heterocycles. The summed E-state index contributed by atoms with van der Waals surface area (Å²) in [5.74, 6) is 2.42. The molecule has 7 heteroatoms. The van der Waals surface area contributed by atoms with Crippen LogP contribution in [0.2, 0.25) is 0 Å². The van der Waals surface area contributed by atoms with Gasteiger partial charge in [0.25, 0.3) is 0 Å². The van der Waals surface area contributed by atoms with Crippen LogP contribution >= 0.6 is 24.0 Å². The van der Waals surface area contributed by atoms with Crippen LogP contribution in [-0.4, -0.2) is 51.8 Å². The van der Waals surface area contributed by atoms with Gasteiger partial charge in [0.2, 0.25) is 0 Å². The summed E-state index contributed by atoms with van der Waals surface area (Å²) in [4.78, 5) is 6.81. The molecule has 1 fully saturated rings. The van der Waals surface area contributed by atoms with Gasteiger partial charge in [-0.3, -0.25) is 4.99 Å². The first-order valence-electron chi connectivity index (χ1n) is 7.60. The number of nitrogens with two attached hydrogens (primary N) is 1. The Bertz CT molecular complexity index is 525. The van der Waals surface area contributed by atoms with E-state index < -0.39 is 0 Å². The third-order valence-corrected chi connectivity index (χ3v) is 3.91. The van der Waals surface area contributed by atoms with Crippen LogP contribution in [0.5, 0.6) is 11.5 Å². The van der Waals surface area contributed by atoms with Gasteiger partial charge >= 0.3 is 0 Å². The van der Waals surface area contributed by atoms with E-state index in [1.54, 1.807) is 14.2 Å². The summed E-state index contributed by atoms with van der Waals surface area (Å²) in [6.45, 7) is 3.00. The van der Waals surface area contributed by atoms with Gasteiger partial charge in [-0.2, -0.15) is 0 Å². The first kappa shape index (κ1) is 19.8. The smallest absolute Gasteiger partial charge is 0.193 e. The van der Waals surface area contributed by atoms with Crippen molar-refractivity contribution in [2.45, 2.75) is 12.8 Å². The lowest BCUT2D eigenvalue weighted by Gasteiger charge is -2.28. The van der Waals surface area contributed by atoms with Gasteiger partial charge in [-0.05, 0) is 44.5 Å². The predicted octanol–water partition coefficient (Wildman–Crippen LogP) is 2.39. The average Bonchev–Trinajstić information content (AvgIpc) is 2.53. The molecule has 6 nitrogen and oxygen atoms in total. The molecule has 1 aliphatic heterocycles. The van der Waals surface area contributed by atoms with Crippen LogP contribution in [0, 0.1) is 5.92 Å². The van der Waals surface area contributed by atoms with E-state index in [4.69, 9.17) is 15.2 Å². The quantitative estimate of drug-likeness (QED) is 0.423. The Labute approximate surface area is 155 Å². The predicted molar refractivity (Wildman–Crippen MR) is 105 cm³/mol. The number of halogens is 1. The third kappa shape index (κ3) is 6.06. The van der Waals surface area contributed by atoms with Crippen molar-refractivity contribution in [3.8, 4) is 11.5 Å². The highest BCUT2D eigenvalue weighted by Gasteiger charge is 2.16. The van der Waals surface area contributed by atoms with E-state index in [0.717, 1.165) is 24.5 Å².